The third-order valence-electron chi connectivity index (χ3n) is 1.38. The number of anilines is 1. The molecule has 3 N–H and O–H groups in total. The zero-order chi connectivity index (χ0) is 8.97. The molecule has 0 radical (unpaired) electrons. The average molecular weight is 171 g/mol. The molecule has 0 saturated carbocycles. The van der Waals surface area contributed by atoms with Crippen LogP contribution in [-0.4, -0.2) is 52.7 Å². The smallest absolute Gasteiger partial charge is 0.279 e. The summed E-state index contributed by atoms with van der Waals surface area (Å²) in [7, 11) is 3.95. The number of nitrogens with zero attached hydrogens (tertiary/aromatic N) is 5. The molecule has 1 heterocycles. The summed E-state index contributed by atoms with van der Waals surface area (Å²) in [5.41, 5.74) is 0. The van der Waals surface area contributed by atoms with Crippen LogP contribution in [0.4, 0.5) is 5.95 Å². The number of rotatable bonds is 4. The second kappa shape index (κ2) is 3.98. The third kappa shape index (κ3) is 2.44. The molecule has 1 aromatic heterocycles. The van der Waals surface area contributed by atoms with Crippen molar-refractivity contribution in [2.45, 2.75) is 0 Å². The van der Waals surface area contributed by atoms with E-state index in [2.05, 4.69) is 20.6 Å². The monoisotopic (exact) mass is 171 g/mol. The van der Waals surface area contributed by atoms with E-state index in [4.69, 9.17) is 5.84 Å². The minimum atomic E-state index is 0.414. The molecular weight excluding hydrogens is 158 g/mol. The molecule has 0 aliphatic heterocycles. The van der Waals surface area contributed by atoms with Crippen molar-refractivity contribution in [3.8, 4) is 0 Å². The van der Waals surface area contributed by atoms with Crippen molar-refractivity contribution in [1.29, 1.82) is 0 Å². The summed E-state index contributed by atoms with van der Waals surface area (Å²) in [4.78, 5) is 2.03. The summed E-state index contributed by atoms with van der Waals surface area (Å²) in [5.74, 6) is 6.02. The molecule has 12 heavy (non-hydrogen) atoms. The second-order valence-corrected chi connectivity index (χ2v) is 2.71. The van der Waals surface area contributed by atoms with E-state index in [-0.39, 0.29) is 0 Å². The fourth-order valence-corrected chi connectivity index (χ4v) is 0.686. The van der Waals surface area contributed by atoms with Gasteiger partial charge >= 0.3 is 0 Å². The first-order valence-electron chi connectivity index (χ1n) is 3.60. The maximum absolute atomic E-state index is 5.61. The number of hydrazine groups is 1. The second-order valence-electron chi connectivity index (χ2n) is 2.71. The molecule has 0 aromatic carbocycles. The van der Waals surface area contributed by atoms with Gasteiger partial charge in [-0.3, -0.25) is 5.01 Å². The number of nitrogens with two attached hydrogens (primary N) is 1. The topological polar surface area (TPSA) is 87.0 Å². The van der Waals surface area contributed by atoms with Gasteiger partial charge in [0, 0.05) is 6.54 Å². The summed E-state index contributed by atoms with van der Waals surface area (Å²) in [6.07, 6.45) is 0. The van der Waals surface area contributed by atoms with Gasteiger partial charge in [0.15, 0.2) is 0 Å². The lowest BCUT2D eigenvalue weighted by atomic mass is 10.5. The SMILES string of the molecule is CN(C)CCN(N)c1nn[nH]n1. The number of aromatic nitrogens is 4. The molecule has 0 aliphatic rings. The zero-order valence-corrected chi connectivity index (χ0v) is 7.23. The van der Waals surface area contributed by atoms with E-state index in [0.29, 0.717) is 12.5 Å². The number of likely N-dealkylation sites (N-methyl/N-ethyl adjacent to an activating group) is 1. The van der Waals surface area contributed by atoms with Crippen LogP contribution in [-0.2, 0) is 0 Å². The summed E-state index contributed by atoms with van der Waals surface area (Å²) in [5, 5.41) is 14.6. The van der Waals surface area contributed by atoms with E-state index in [1.165, 1.54) is 5.01 Å². The van der Waals surface area contributed by atoms with Gasteiger partial charge in [-0.25, -0.2) is 5.84 Å². The van der Waals surface area contributed by atoms with Crippen LogP contribution in [0.2, 0.25) is 0 Å². The van der Waals surface area contributed by atoms with Gasteiger partial charge in [0.1, 0.15) is 0 Å². The lowest BCUT2D eigenvalue weighted by Crippen LogP contribution is -2.37. The minimum absolute atomic E-state index is 0.414. The summed E-state index contributed by atoms with van der Waals surface area (Å²) < 4.78 is 0. The van der Waals surface area contributed by atoms with E-state index in [0.717, 1.165) is 6.54 Å². The van der Waals surface area contributed by atoms with E-state index in [9.17, 15) is 0 Å². The summed E-state index contributed by atoms with van der Waals surface area (Å²) in [6.45, 7) is 1.53. The summed E-state index contributed by atoms with van der Waals surface area (Å²) >= 11 is 0. The van der Waals surface area contributed by atoms with Crippen LogP contribution in [0.5, 0.6) is 0 Å². The van der Waals surface area contributed by atoms with Crippen LogP contribution < -0.4 is 10.9 Å². The molecular formula is C5H13N7. The van der Waals surface area contributed by atoms with Crippen LogP contribution in [0.25, 0.3) is 0 Å². The van der Waals surface area contributed by atoms with Crippen LogP contribution >= 0.6 is 0 Å². The van der Waals surface area contributed by atoms with Gasteiger partial charge in [-0.05, 0) is 19.3 Å². The Kier molecular flexibility index (Phi) is 2.94. The number of hydrogen-bond donors (Lipinski definition) is 2. The first kappa shape index (κ1) is 8.88. The fourth-order valence-electron chi connectivity index (χ4n) is 0.686. The molecule has 0 spiro atoms. The molecule has 0 fully saturated rings. The normalized spacial score (nSPS) is 10.7. The highest BCUT2D eigenvalue weighted by atomic mass is 15.6. The highest BCUT2D eigenvalue weighted by Crippen LogP contribution is 1.95. The van der Waals surface area contributed by atoms with Crippen molar-refractivity contribution in [2.75, 3.05) is 32.2 Å². The lowest BCUT2D eigenvalue weighted by Gasteiger charge is -2.16. The van der Waals surface area contributed by atoms with Gasteiger partial charge in [-0.1, -0.05) is 5.10 Å². The van der Waals surface area contributed by atoms with Crippen LogP contribution in [0.15, 0.2) is 0 Å². The Morgan fingerprint density at radius 2 is 2.17 bits per heavy atom. The molecule has 0 unspecified atom stereocenters. The number of nitrogens with one attached hydrogen (secondary N) is 1. The molecule has 0 saturated heterocycles. The van der Waals surface area contributed by atoms with Crippen molar-refractivity contribution in [2.24, 2.45) is 5.84 Å². The maximum atomic E-state index is 5.61. The first-order valence-corrected chi connectivity index (χ1v) is 3.60. The van der Waals surface area contributed by atoms with Crippen molar-refractivity contribution in [1.82, 2.24) is 25.5 Å². The Morgan fingerprint density at radius 1 is 1.42 bits per heavy atom. The molecule has 0 atom stereocenters. The van der Waals surface area contributed by atoms with E-state index in [1.807, 2.05) is 19.0 Å². The Morgan fingerprint density at radius 3 is 2.67 bits per heavy atom. The van der Waals surface area contributed by atoms with Gasteiger partial charge in [-0.2, -0.15) is 5.21 Å². The van der Waals surface area contributed by atoms with E-state index >= 15 is 0 Å². The summed E-state index contributed by atoms with van der Waals surface area (Å²) in [6, 6.07) is 0. The fraction of sp³-hybridized carbons (Fsp3) is 0.800. The highest BCUT2D eigenvalue weighted by molar-refractivity contribution is 5.21. The molecule has 7 nitrogen and oxygen atoms in total. The zero-order valence-electron chi connectivity index (χ0n) is 7.23. The highest BCUT2D eigenvalue weighted by Gasteiger charge is 2.05. The van der Waals surface area contributed by atoms with E-state index in [1.54, 1.807) is 0 Å². The average Bonchev–Trinajstić information content (AvgIpc) is 2.51. The Bertz CT molecular complexity index is 206. The molecule has 0 amide bonds. The maximum Gasteiger partial charge on any atom is 0.279 e. The van der Waals surface area contributed by atoms with Gasteiger partial charge in [-0.15, -0.1) is 5.10 Å². The van der Waals surface area contributed by atoms with Crippen LogP contribution in [0.3, 0.4) is 0 Å². The van der Waals surface area contributed by atoms with Crippen molar-refractivity contribution in [3.05, 3.63) is 0 Å². The molecule has 1 rings (SSSR count). The minimum Gasteiger partial charge on any atom is -0.308 e. The number of tetrazole rings is 1. The first-order chi connectivity index (χ1) is 5.70. The molecule has 7 heteroatoms. The predicted octanol–water partition coefficient (Wildman–Crippen LogP) is -1.56. The number of hydrogen-bond acceptors (Lipinski definition) is 6. The van der Waals surface area contributed by atoms with Gasteiger partial charge in [0.2, 0.25) is 0 Å². The third-order valence-corrected chi connectivity index (χ3v) is 1.38. The van der Waals surface area contributed by atoms with Gasteiger partial charge < -0.3 is 4.90 Å². The van der Waals surface area contributed by atoms with Crippen molar-refractivity contribution in [3.63, 3.8) is 0 Å². The Labute approximate surface area is 70.5 Å². The molecule has 68 valence electrons. The number of H-pyrrole nitrogens is 1. The molecule has 1 aromatic rings. The molecule has 0 bridgehead atoms. The van der Waals surface area contributed by atoms with E-state index < -0.39 is 0 Å². The van der Waals surface area contributed by atoms with Crippen LogP contribution in [0.1, 0.15) is 0 Å². The Hall–Kier alpha value is -1.21. The largest absolute Gasteiger partial charge is 0.308 e. The van der Waals surface area contributed by atoms with Crippen LogP contribution in [0, 0.1) is 0 Å². The van der Waals surface area contributed by atoms with Gasteiger partial charge in [0.05, 0.1) is 6.54 Å². The standard InChI is InChI=1S/C5H13N7/c1-11(2)3-4-12(6)5-7-9-10-8-5/h3-4,6H2,1-2H3,(H,7,8,9,10). The van der Waals surface area contributed by atoms with Gasteiger partial charge in [0.25, 0.3) is 5.95 Å². The quantitative estimate of drug-likeness (QED) is 0.421. The lowest BCUT2D eigenvalue weighted by molar-refractivity contribution is 0.413. The Balaban J connectivity index is 2.34. The molecule has 0 aliphatic carbocycles. The van der Waals surface area contributed by atoms with Crippen molar-refractivity contribution >= 4 is 5.95 Å². The predicted molar refractivity (Wildman–Crippen MR) is 44.3 cm³/mol. The number of aromatic amines is 1. The van der Waals surface area contributed by atoms with Crippen molar-refractivity contribution < 1.29 is 0 Å².